The molecule has 0 aliphatic carbocycles. The summed E-state index contributed by atoms with van der Waals surface area (Å²) in [5.41, 5.74) is 9.73. The van der Waals surface area contributed by atoms with E-state index >= 15 is 0 Å². The van der Waals surface area contributed by atoms with Crippen molar-refractivity contribution in [3.8, 4) is 22.4 Å². The third-order valence-corrected chi connectivity index (χ3v) is 8.84. The molecule has 41 heavy (non-hydrogen) atoms. The van der Waals surface area contributed by atoms with E-state index in [1.807, 2.05) is 11.1 Å². The molecule has 8 heteroatoms. The van der Waals surface area contributed by atoms with Crippen LogP contribution >= 0.6 is 0 Å². The average molecular weight is 552 g/mol. The first-order chi connectivity index (χ1) is 19.8. The number of carbonyl (C=O) groups is 1. The molecule has 4 aromatic rings. The van der Waals surface area contributed by atoms with Gasteiger partial charge in [0, 0.05) is 80.3 Å². The number of nitrogens with one attached hydrogen (secondary N) is 1. The number of aryl methyl sites for hydroxylation is 2. The maximum absolute atomic E-state index is 12.5. The number of rotatable bonds is 6. The Labute approximate surface area is 243 Å². The highest BCUT2D eigenvalue weighted by Crippen LogP contribution is 2.34. The van der Waals surface area contributed by atoms with E-state index in [2.05, 4.69) is 100 Å². The molecule has 214 valence electrons. The molecule has 4 heterocycles. The largest absolute Gasteiger partial charge is 0.369 e. The summed E-state index contributed by atoms with van der Waals surface area (Å²) in [7, 11) is 4.34. The maximum Gasteiger partial charge on any atom is 0.223 e. The predicted molar refractivity (Wildman–Crippen MR) is 168 cm³/mol. The SMILES string of the molecule is CC(=O)N(CC1CCN(C)C1)c1ccc(-c2c[nH]c3nnc(-c4cc(C)c(N5CCN(C)CC5)c(C)c4)cc23)cc1. The van der Waals surface area contributed by atoms with Gasteiger partial charge in [0.05, 0.1) is 5.69 Å². The van der Waals surface area contributed by atoms with Crippen molar-refractivity contribution in [1.82, 2.24) is 25.0 Å². The fraction of sp³-hybridized carbons (Fsp3) is 0.424. The first-order valence-corrected chi connectivity index (χ1v) is 14.7. The molecule has 6 rings (SSSR count). The quantitative estimate of drug-likeness (QED) is 0.365. The fourth-order valence-electron chi connectivity index (χ4n) is 6.60. The molecule has 2 aliphatic rings. The van der Waals surface area contributed by atoms with Crippen LogP contribution in [0.3, 0.4) is 0 Å². The second-order valence-electron chi connectivity index (χ2n) is 12.0. The van der Waals surface area contributed by atoms with Gasteiger partial charge < -0.3 is 24.6 Å². The van der Waals surface area contributed by atoms with Crippen molar-refractivity contribution in [3.05, 3.63) is 59.8 Å². The Hall–Kier alpha value is -3.75. The molecule has 0 spiro atoms. The van der Waals surface area contributed by atoms with Gasteiger partial charge in [0.25, 0.3) is 0 Å². The van der Waals surface area contributed by atoms with Crippen LogP contribution in [-0.2, 0) is 4.79 Å². The number of likely N-dealkylation sites (tertiary alicyclic amines) is 1. The number of anilines is 2. The molecular weight excluding hydrogens is 510 g/mol. The summed E-state index contributed by atoms with van der Waals surface area (Å²) in [6, 6.07) is 15.0. The van der Waals surface area contributed by atoms with Gasteiger partial charge in [-0.3, -0.25) is 4.79 Å². The number of benzene rings is 2. The Kier molecular flexibility index (Phi) is 7.53. The van der Waals surface area contributed by atoms with Gasteiger partial charge in [0.1, 0.15) is 0 Å². The topological polar surface area (TPSA) is 71.6 Å². The summed E-state index contributed by atoms with van der Waals surface area (Å²) in [5.74, 6) is 0.598. The van der Waals surface area contributed by atoms with Crippen molar-refractivity contribution in [2.24, 2.45) is 5.92 Å². The molecule has 1 unspecified atom stereocenters. The molecule has 2 fully saturated rings. The van der Waals surface area contributed by atoms with Crippen LogP contribution in [-0.4, -0.2) is 90.8 Å². The highest BCUT2D eigenvalue weighted by molar-refractivity contribution is 5.96. The van der Waals surface area contributed by atoms with E-state index in [0.29, 0.717) is 5.92 Å². The predicted octanol–water partition coefficient (Wildman–Crippen LogP) is 4.97. The van der Waals surface area contributed by atoms with Crippen molar-refractivity contribution >= 4 is 28.3 Å². The molecule has 2 aliphatic heterocycles. The lowest BCUT2D eigenvalue weighted by atomic mass is 9.99. The minimum atomic E-state index is 0.0866. The second kappa shape index (κ2) is 11.3. The second-order valence-corrected chi connectivity index (χ2v) is 12.0. The minimum absolute atomic E-state index is 0.0866. The van der Waals surface area contributed by atoms with Crippen LogP contribution in [0.2, 0.25) is 0 Å². The molecular formula is C33H41N7O. The van der Waals surface area contributed by atoms with Crippen LogP contribution in [0.4, 0.5) is 11.4 Å². The summed E-state index contributed by atoms with van der Waals surface area (Å²) in [5, 5.41) is 10.2. The number of H-pyrrole nitrogens is 1. The third kappa shape index (κ3) is 5.59. The maximum atomic E-state index is 12.5. The average Bonchev–Trinajstić information content (AvgIpc) is 3.57. The fourth-order valence-corrected chi connectivity index (χ4v) is 6.60. The Morgan fingerprint density at radius 1 is 0.927 bits per heavy atom. The summed E-state index contributed by atoms with van der Waals surface area (Å²) in [4.78, 5) is 25.0. The number of likely N-dealkylation sites (N-methyl/N-ethyl adjacent to an activating group) is 1. The van der Waals surface area contributed by atoms with E-state index in [1.54, 1.807) is 6.92 Å². The Balaban J connectivity index is 1.27. The molecule has 1 amide bonds. The van der Waals surface area contributed by atoms with Crippen molar-refractivity contribution in [2.75, 3.05) is 69.7 Å². The van der Waals surface area contributed by atoms with E-state index in [1.165, 1.54) is 16.8 Å². The van der Waals surface area contributed by atoms with Crippen LogP contribution < -0.4 is 9.80 Å². The molecule has 8 nitrogen and oxygen atoms in total. The summed E-state index contributed by atoms with van der Waals surface area (Å²) < 4.78 is 0. The number of hydrogen-bond donors (Lipinski definition) is 1. The van der Waals surface area contributed by atoms with Crippen molar-refractivity contribution < 1.29 is 4.79 Å². The third-order valence-electron chi connectivity index (χ3n) is 8.84. The summed E-state index contributed by atoms with van der Waals surface area (Å²) in [6.45, 7) is 13.2. The molecule has 0 saturated carbocycles. The zero-order valence-electron chi connectivity index (χ0n) is 24.9. The van der Waals surface area contributed by atoms with Gasteiger partial charge in [-0.25, -0.2) is 0 Å². The lowest BCUT2D eigenvalue weighted by Gasteiger charge is -2.36. The van der Waals surface area contributed by atoms with Crippen LogP contribution in [0, 0.1) is 19.8 Å². The highest BCUT2D eigenvalue weighted by atomic mass is 16.2. The smallest absolute Gasteiger partial charge is 0.223 e. The molecule has 0 radical (unpaired) electrons. The van der Waals surface area contributed by atoms with Crippen LogP contribution in [0.15, 0.2) is 48.7 Å². The monoisotopic (exact) mass is 551 g/mol. The molecule has 0 bridgehead atoms. The lowest BCUT2D eigenvalue weighted by molar-refractivity contribution is -0.116. The normalized spacial score (nSPS) is 18.4. The zero-order valence-corrected chi connectivity index (χ0v) is 24.9. The number of nitrogens with zero attached hydrogens (tertiary/aromatic N) is 6. The van der Waals surface area contributed by atoms with E-state index in [4.69, 9.17) is 0 Å². The van der Waals surface area contributed by atoms with E-state index in [0.717, 1.165) is 91.3 Å². The van der Waals surface area contributed by atoms with Crippen molar-refractivity contribution in [1.29, 1.82) is 0 Å². The van der Waals surface area contributed by atoms with E-state index < -0.39 is 0 Å². The summed E-state index contributed by atoms with van der Waals surface area (Å²) >= 11 is 0. The van der Waals surface area contributed by atoms with E-state index in [9.17, 15) is 4.79 Å². The first-order valence-electron chi connectivity index (χ1n) is 14.7. The van der Waals surface area contributed by atoms with Crippen LogP contribution in [0.25, 0.3) is 33.4 Å². The summed E-state index contributed by atoms with van der Waals surface area (Å²) in [6.07, 6.45) is 3.14. The Bertz CT molecular complexity index is 1530. The number of aromatic amines is 1. The lowest BCUT2D eigenvalue weighted by Crippen LogP contribution is -2.45. The Morgan fingerprint density at radius 3 is 2.27 bits per heavy atom. The van der Waals surface area contributed by atoms with Gasteiger partial charge in [0.15, 0.2) is 5.65 Å². The molecule has 2 aromatic heterocycles. The molecule has 2 saturated heterocycles. The van der Waals surface area contributed by atoms with E-state index in [-0.39, 0.29) is 5.91 Å². The zero-order chi connectivity index (χ0) is 28.7. The number of amides is 1. The molecule has 1 atom stereocenters. The van der Waals surface area contributed by atoms with Gasteiger partial charge in [0.2, 0.25) is 5.91 Å². The highest BCUT2D eigenvalue weighted by Gasteiger charge is 2.24. The number of aromatic nitrogens is 3. The van der Waals surface area contributed by atoms with Gasteiger partial charge in [-0.1, -0.05) is 12.1 Å². The van der Waals surface area contributed by atoms with Gasteiger partial charge in [-0.2, -0.15) is 0 Å². The number of piperazine rings is 1. The first kappa shape index (κ1) is 27.4. The van der Waals surface area contributed by atoms with Crippen molar-refractivity contribution in [3.63, 3.8) is 0 Å². The van der Waals surface area contributed by atoms with Crippen LogP contribution in [0.5, 0.6) is 0 Å². The number of carbonyl (C=O) groups excluding carboxylic acids is 1. The van der Waals surface area contributed by atoms with Gasteiger partial charge >= 0.3 is 0 Å². The molecule has 1 N–H and O–H groups in total. The standard InChI is InChI=1S/C33H41N7O/c1-22-16-27(17-23(2)32(22)39-14-12-37(4)13-15-39)31-18-29-30(19-34-33(29)36-35-31)26-6-8-28(9-7-26)40(24(3)41)21-25-10-11-38(5)20-25/h6-9,16-19,25H,10-15,20-21H2,1-5H3,(H,34,36). The van der Waals surface area contributed by atoms with Crippen molar-refractivity contribution in [2.45, 2.75) is 27.2 Å². The number of fused-ring (bicyclic) bond motifs is 1. The van der Waals surface area contributed by atoms with Crippen LogP contribution in [0.1, 0.15) is 24.5 Å². The number of hydrogen-bond acceptors (Lipinski definition) is 6. The van der Waals surface area contributed by atoms with Gasteiger partial charge in [-0.05, 0) is 93.8 Å². The minimum Gasteiger partial charge on any atom is -0.369 e. The van der Waals surface area contributed by atoms with Gasteiger partial charge in [-0.15, -0.1) is 10.2 Å². The molecule has 2 aromatic carbocycles. The Morgan fingerprint density at radius 2 is 1.63 bits per heavy atom.